The molecule has 0 aromatic carbocycles. The molecule has 28 heavy (non-hydrogen) atoms. The number of allylic oxidation sites excluding steroid dienone is 1. The average molecular weight is 419 g/mol. The molecule has 146 valence electrons. The predicted octanol–water partition coefficient (Wildman–Crippen LogP) is -1.53. The van der Waals surface area contributed by atoms with Gasteiger partial charge in [0.15, 0.2) is 6.20 Å². The molecule has 0 aliphatic carbocycles. The maximum Gasteiger partial charge on any atom is 0.307 e. The predicted molar refractivity (Wildman–Crippen MR) is 101 cm³/mol. The number of carbonyl (C=O) groups is 2. The molecule has 4 heterocycles. The summed E-state index contributed by atoms with van der Waals surface area (Å²) in [4.78, 5) is 24.7. The molecule has 2 aromatic heterocycles. The van der Waals surface area contributed by atoms with Gasteiger partial charge in [-0.1, -0.05) is 16.9 Å². The first-order valence-electron chi connectivity index (χ1n) is 8.48. The van der Waals surface area contributed by atoms with Crippen LogP contribution < -0.4 is 15.4 Å². The highest BCUT2D eigenvalue weighted by Gasteiger charge is 2.49. The molecule has 0 unspecified atom stereocenters. The van der Waals surface area contributed by atoms with Crippen LogP contribution in [0, 0.1) is 0 Å². The van der Waals surface area contributed by atoms with Gasteiger partial charge in [0.1, 0.15) is 29.2 Å². The first-order valence-corrected chi connectivity index (χ1v) is 10.4. The minimum absolute atomic E-state index is 0.0444. The van der Waals surface area contributed by atoms with Gasteiger partial charge < -0.3 is 20.7 Å². The lowest BCUT2D eigenvalue weighted by Gasteiger charge is -2.49. The van der Waals surface area contributed by atoms with Crippen molar-refractivity contribution in [1.29, 1.82) is 0 Å². The Kier molecular flexibility index (Phi) is 5.15. The zero-order chi connectivity index (χ0) is 19.8. The van der Waals surface area contributed by atoms with Crippen LogP contribution in [0.1, 0.15) is 0 Å². The molecular formula is C17H17N5O4S2. The minimum atomic E-state index is -1.38. The van der Waals surface area contributed by atoms with Gasteiger partial charge in [-0.15, -0.1) is 16.3 Å². The van der Waals surface area contributed by atoms with E-state index >= 15 is 0 Å². The molecule has 1 saturated heterocycles. The van der Waals surface area contributed by atoms with E-state index in [9.17, 15) is 14.7 Å². The van der Waals surface area contributed by atoms with Crippen molar-refractivity contribution in [2.24, 2.45) is 5.73 Å². The quantitative estimate of drug-likeness (QED) is 0.328. The molecule has 11 heteroatoms. The van der Waals surface area contributed by atoms with E-state index < -0.39 is 17.9 Å². The van der Waals surface area contributed by atoms with Gasteiger partial charge in [0.25, 0.3) is 0 Å². The van der Waals surface area contributed by atoms with Gasteiger partial charge in [0, 0.05) is 11.8 Å². The van der Waals surface area contributed by atoms with Crippen LogP contribution in [0.5, 0.6) is 0 Å². The van der Waals surface area contributed by atoms with Gasteiger partial charge in [0.2, 0.25) is 5.91 Å². The van der Waals surface area contributed by atoms with Gasteiger partial charge in [-0.2, -0.15) is 0 Å². The Bertz CT molecular complexity index is 1020. The van der Waals surface area contributed by atoms with Crippen LogP contribution in [-0.2, 0) is 16.1 Å². The lowest BCUT2D eigenvalue weighted by Crippen LogP contribution is -2.69. The maximum atomic E-state index is 11.9. The zero-order valence-corrected chi connectivity index (χ0v) is 16.2. The Balaban J connectivity index is 1.53. The van der Waals surface area contributed by atoms with Gasteiger partial charge in [0.05, 0.1) is 18.3 Å². The fourth-order valence-corrected chi connectivity index (χ4v) is 5.09. The van der Waals surface area contributed by atoms with Crippen LogP contribution >= 0.6 is 23.5 Å². The van der Waals surface area contributed by atoms with E-state index in [0.29, 0.717) is 17.9 Å². The summed E-state index contributed by atoms with van der Waals surface area (Å²) in [6.45, 7) is 0.533. The third kappa shape index (κ3) is 3.20. The Labute approximate surface area is 168 Å². The Morgan fingerprint density at radius 3 is 3.11 bits per heavy atom. The van der Waals surface area contributed by atoms with E-state index in [1.165, 1.54) is 28.4 Å². The van der Waals surface area contributed by atoms with Crippen molar-refractivity contribution < 1.29 is 24.4 Å². The number of carboxylic acids is 1. The molecule has 4 rings (SSSR count). The number of aliphatic hydroxyl groups is 1. The summed E-state index contributed by atoms with van der Waals surface area (Å²) in [5.41, 5.74) is 6.99. The Morgan fingerprint density at radius 1 is 1.54 bits per heavy atom. The van der Waals surface area contributed by atoms with Crippen molar-refractivity contribution >= 4 is 41.0 Å². The molecule has 9 nitrogen and oxygen atoms in total. The summed E-state index contributed by atoms with van der Waals surface area (Å²) >= 11 is 2.77. The number of aliphatic hydroxyl groups excluding tert-OH is 1. The summed E-state index contributed by atoms with van der Waals surface area (Å²) in [6, 6.07) is 3.08. The summed E-state index contributed by atoms with van der Waals surface area (Å²) in [5.74, 6) is -1.34. The van der Waals surface area contributed by atoms with E-state index in [-0.39, 0.29) is 17.7 Å². The molecule has 2 aliphatic heterocycles. The molecule has 1 amide bonds. The molecule has 2 aromatic rings. The van der Waals surface area contributed by atoms with E-state index in [1.807, 2.05) is 22.9 Å². The zero-order valence-electron chi connectivity index (χ0n) is 14.6. The number of nitrogens with zero attached hydrogens (tertiary/aromatic N) is 4. The number of aliphatic carboxylic acids is 1. The number of carboxylic acid groups (broad SMARTS) is 1. The number of fused-ring (bicyclic) bond motifs is 2. The molecule has 0 bridgehead atoms. The fourth-order valence-electron chi connectivity index (χ4n) is 3.17. The van der Waals surface area contributed by atoms with Gasteiger partial charge >= 0.3 is 5.65 Å². The smallest absolute Gasteiger partial charge is 0.307 e. The highest BCUT2D eigenvalue weighted by atomic mass is 32.2. The Hall–Kier alpha value is -2.34. The summed E-state index contributed by atoms with van der Waals surface area (Å²) in [5, 5.41) is 27.2. The number of nitrogens with two attached hydrogens (primary N) is 1. The highest BCUT2D eigenvalue weighted by Crippen LogP contribution is 2.39. The van der Waals surface area contributed by atoms with Crippen LogP contribution in [0.3, 0.4) is 0 Å². The van der Waals surface area contributed by atoms with Crippen molar-refractivity contribution in [3.63, 3.8) is 0 Å². The average Bonchev–Trinajstić information content (AvgIpc) is 3.09. The van der Waals surface area contributed by atoms with Gasteiger partial charge in [-0.3, -0.25) is 9.69 Å². The standard InChI is InChI=1S/C17H17N5O4S2/c18-13-15(24)22-14(17(25)26)10(9-28-16(13)22)3-8-27-11-1-2-12-20(6-7-23)4-5-21(12)19-11/h1-5,8,13,16,23H,6-7,9,18H2/b8-3+/t13-,16-/m1/s1. The van der Waals surface area contributed by atoms with Crippen LogP contribution in [0.4, 0.5) is 0 Å². The molecule has 0 saturated carbocycles. The first-order chi connectivity index (χ1) is 13.5. The van der Waals surface area contributed by atoms with E-state index in [1.54, 1.807) is 22.2 Å². The molecular weight excluding hydrogens is 402 g/mol. The number of β-lactam (4-membered cyclic amide) rings is 1. The molecule has 2 aliphatic rings. The number of amides is 1. The van der Waals surface area contributed by atoms with Crippen molar-refractivity contribution in [2.75, 3.05) is 12.4 Å². The van der Waals surface area contributed by atoms with E-state index in [2.05, 4.69) is 5.10 Å². The third-order valence-electron chi connectivity index (χ3n) is 4.53. The largest absolute Gasteiger partial charge is 0.543 e. The second kappa shape index (κ2) is 7.59. The lowest BCUT2D eigenvalue weighted by atomic mass is 10.0. The number of rotatable bonds is 6. The summed E-state index contributed by atoms with van der Waals surface area (Å²) in [6.07, 6.45) is 5.31. The molecule has 2 atom stereocenters. The summed E-state index contributed by atoms with van der Waals surface area (Å²) in [7, 11) is 0. The number of carbonyl (C=O) groups excluding carboxylic acids is 2. The van der Waals surface area contributed by atoms with Gasteiger partial charge in [-0.25, -0.2) is 4.57 Å². The van der Waals surface area contributed by atoms with Crippen LogP contribution in [-0.4, -0.2) is 55.3 Å². The van der Waals surface area contributed by atoms with E-state index in [0.717, 1.165) is 10.7 Å². The van der Waals surface area contributed by atoms with Crippen molar-refractivity contribution in [3.05, 3.63) is 47.3 Å². The topological polar surface area (TPSA) is 128 Å². The number of imidazole rings is 1. The monoisotopic (exact) mass is 419 g/mol. The van der Waals surface area contributed by atoms with Crippen LogP contribution in [0.2, 0.25) is 0 Å². The van der Waals surface area contributed by atoms with Crippen molar-refractivity contribution in [1.82, 2.24) is 14.5 Å². The number of aromatic nitrogens is 3. The normalized spacial score (nSPS) is 22.1. The van der Waals surface area contributed by atoms with Crippen molar-refractivity contribution in [2.45, 2.75) is 23.0 Å². The second-order valence-electron chi connectivity index (χ2n) is 6.21. The molecule has 3 N–H and O–H groups in total. The number of hydrogen-bond donors (Lipinski definition) is 2. The van der Waals surface area contributed by atoms with Crippen LogP contribution in [0.25, 0.3) is 5.65 Å². The highest BCUT2D eigenvalue weighted by molar-refractivity contribution is 8.02. The first kappa shape index (κ1) is 19.0. The number of hydrogen-bond acceptors (Lipinski definition) is 8. The summed E-state index contributed by atoms with van der Waals surface area (Å²) < 4.78 is 3.59. The fraction of sp³-hybridized carbons (Fsp3) is 0.294. The molecule has 0 spiro atoms. The molecule has 1 fully saturated rings. The van der Waals surface area contributed by atoms with Crippen molar-refractivity contribution in [3.8, 4) is 0 Å². The number of thioether (sulfide) groups is 2. The minimum Gasteiger partial charge on any atom is -0.543 e. The maximum absolute atomic E-state index is 11.9. The van der Waals surface area contributed by atoms with Gasteiger partial charge in [-0.05, 0) is 23.1 Å². The van der Waals surface area contributed by atoms with Crippen LogP contribution in [0.15, 0.2) is 52.3 Å². The molecule has 0 radical (unpaired) electrons. The SMILES string of the molecule is N[C@@H]1C(=O)N2C(C(=O)[O-])=C(/C=C/Sc3ccc4n(cc[n+]4CCO)n3)CS[C@H]12. The second-order valence-corrected chi connectivity index (χ2v) is 8.24. The lowest BCUT2D eigenvalue weighted by molar-refractivity contribution is -0.672. The van der Waals surface area contributed by atoms with E-state index in [4.69, 9.17) is 10.8 Å². The third-order valence-corrected chi connectivity index (χ3v) is 6.58. The Morgan fingerprint density at radius 2 is 2.36 bits per heavy atom.